The van der Waals surface area contributed by atoms with E-state index in [9.17, 15) is 14.9 Å². The molecule has 2 rings (SSSR count). The van der Waals surface area contributed by atoms with E-state index in [0.717, 1.165) is 0 Å². The van der Waals surface area contributed by atoms with E-state index in [1.807, 2.05) is 0 Å². The maximum absolute atomic E-state index is 11.0. The van der Waals surface area contributed by atoms with Crippen LogP contribution in [0.2, 0.25) is 5.02 Å². The number of nitro groups is 1. The second kappa shape index (κ2) is 6.69. The zero-order chi connectivity index (χ0) is 15.4. The number of nitro benzene ring substituents is 1. The van der Waals surface area contributed by atoms with E-state index in [4.69, 9.17) is 16.3 Å². The number of aldehydes is 1. The van der Waals surface area contributed by atoms with Crippen molar-refractivity contribution in [1.82, 2.24) is 0 Å². The Hall–Kier alpha value is -1.92. The summed E-state index contributed by atoms with van der Waals surface area (Å²) in [4.78, 5) is 21.1. The largest absolute Gasteiger partial charge is 0.487 e. The molecule has 21 heavy (non-hydrogen) atoms. The van der Waals surface area contributed by atoms with E-state index < -0.39 is 4.92 Å². The van der Waals surface area contributed by atoms with Gasteiger partial charge in [0, 0.05) is 22.2 Å². The molecule has 0 unspecified atom stereocenters. The van der Waals surface area contributed by atoms with Gasteiger partial charge in [-0.3, -0.25) is 14.9 Å². The Kier molecular flexibility index (Phi) is 4.93. The van der Waals surface area contributed by atoms with Gasteiger partial charge < -0.3 is 4.74 Å². The van der Waals surface area contributed by atoms with Gasteiger partial charge in [0.2, 0.25) is 0 Å². The maximum atomic E-state index is 11.0. The molecule has 0 N–H and O–H groups in total. The van der Waals surface area contributed by atoms with E-state index in [1.54, 1.807) is 24.3 Å². The summed E-state index contributed by atoms with van der Waals surface area (Å²) in [5.74, 6) is 0.291. The highest BCUT2D eigenvalue weighted by atomic mass is 79.9. The molecule has 108 valence electrons. The number of nitrogens with zero attached hydrogens (tertiary/aromatic N) is 1. The quantitative estimate of drug-likeness (QED) is 0.444. The monoisotopic (exact) mass is 369 g/mol. The molecule has 2 aromatic carbocycles. The molecule has 0 amide bonds. The van der Waals surface area contributed by atoms with E-state index in [0.29, 0.717) is 32.7 Å². The Labute approximate surface area is 133 Å². The van der Waals surface area contributed by atoms with Gasteiger partial charge in [0.25, 0.3) is 5.69 Å². The Bertz CT molecular complexity index is 705. The van der Waals surface area contributed by atoms with Gasteiger partial charge in [0.15, 0.2) is 6.29 Å². The van der Waals surface area contributed by atoms with Gasteiger partial charge in [-0.15, -0.1) is 0 Å². The molecule has 0 aliphatic heterocycles. The van der Waals surface area contributed by atoms with Crippen molar-refractivity contribution < 1.29 is 14.5 Å². The van der Waals surface area contributed by atoms with Gasteiger partial charge in [-0.05, 0) is 18.2 Å². The zero-order valence-electron chi connectivity index (χ0n) is 10.6. The van der Waals surface area contributed by atoms with Crippen LogP contribution in [-0.2, 0) is 6.61 Å². The lowest BCUT2D eigenvalue weighted by Gasteiger charge is -2.11. The fourth-order valence-corrected chi connectivity index (χ4v) is 2.40. The van der Waals surface area contributed by atoms with E-state index in [1.165, 1.54) is 12.1 Å². The number of benzene rings is 2. The first-order chi connectivity index (χ1) is 10.0. The first kappa shape index (κ1) is 15.5. The maximum Gasteiger partial charge on any atom is 0.270 e. The highest BCUT2D eigenvalue weighted by Gasteiger charge is 2.12. The molecule has 0 fully saturated rings. The van der Waals surface area contributed by atoms with Crippen LogP contribution in [0.4, 0.5) is 5.69 Å². The SMILES string of the molecule is O=Cc1cccc(Cl)c1OCc1ccc([N+](=O)[O-])cc1Br. The molecule has 7 heteroatoms. The predicted octanol–water partition coefficient (Wildman–Crippen LogP) is 4.40. The normalized spacial score (nSPS) is 10.2. The molecule has 0 heterocycles. The van der Waals surface area contributed by atoms with Gasteiger partial charge in [-0.1, -0.05) is 33.6 Å². The van der Waals surface area contributed by atoms with Gasteiger partial charge in [0.1, 0.15) is 12.4 Å². The van der Waals surface area contributed by atoms with Crippen LogP contribution in [0.5, 0.6) is 5.75 Å². The molecule has 0 atom stereocenters. The van der Waals surface area contributed by atoms with Gasteiger partial charge in [-0.25, -0.2) is 0 Å². The summed E-state index contributed by atoms with van der Waals surface area (Å²) in [6.07, 6.45) is 0.659. The first-order valence-electron chi connectivity index (χ1n) is 5.82. The fraction of sp³-hybridized carbons (Fsp3) is 0.0714. The van der Waals surface area contributed by atoms with Crippen LogP contribution >= 0.6 is 27.5 Å². The van der Waals surface area contributed by atoms with E-state index in [-0.39, 0.29) is 12.3 Å². The minimum absolute atomic E-state index is 0.0167. The summed E-state index contributed by atoms with van der Waals surface area (Å²) < 4.78 is 6.12. The topological polar surface area (TPSA) is 69.4 Å². The van der Waals surface area contributed by atoms with Crippen LogP contribution in [0, 0.1) is 10.1 Å². The van der Waals surface area contributed by atoms with Crippen molar-refractivity contribution in [3.05, 3.63) is 67.1 Å². The number of para-hydroxylation sites is 1. The number of hydrogen-bond donors (Lipinski definition) is 0. The Morgan fingerprint density at radius 3 is 2.71 bits per heavy atom. The number of ether oxygens (including phenoxy) is 1. The number of halogens is 2. The van der Waals surface area contributed by atoms with E-state index in [2.05, 4.69) is 15.9 Å². The minimum Gasteiger partial charge on any atom is -0.487 e. The summed E-state index contributed by atoms with van der Waals surface area (Å²) in [5, 5.41) is 11.0. The van der Waals surface area contributed by atoms with Crippen LogP contribution in [0.1, 0.15) is 15.9 Å². The van der Waals surface area contributed by atoms with Crippen molar-refractivity contribution in [2.45, 2.75) is 6.61 Å². The molecule has 0 saturated heterocycles. The van der Waals surface area contributed by atoms with Crippen molar-refractivity contribution in [3.63, 3.8) is 0 Å². The average molecular weight is 371 g/mol. The third kappa shape index (κ3) is 3.59. The summed E-state index contributed by atoms with van der Waals surface area (Å²) in [6, 6.07) is 9.23. The van der Waals surface area contributed by atoms with Crippen LogP contribution in [0.15, 0.2) is 40.9 Å². The molecule has 0 spiro atoms. The molecule has 0 aliphatic rings. The van der Waals surface area contributed by atoms with E-state index >= 15 is 0 Å². The van der Waals surface area contributed by atoms with Crippen molar-refractivity contribution in [3.8, 4) is 5.75 Å². The number of carbonyl (C=O) groups excluding carboxylic acids is 1. The van der Waals surface area contributed by atoms with Crippen LogP contribution in [0.3, 0.4) is 0 Å². The molecule has 5 nitrogen and oxygen atoms in total. The first-order valence-corrected chi connectivity index (χ1v) is 6.99. The molecule has 0 aromatic heterocycles. The third-order valence-corrected chi connectivity index (χ3v) is 3.78. The Balaban J connectivity index is 2.21. The molecule has 0 saturated carbocycles. The lowest BCUT2D eigenvalue weighted by Crippen LogP contribution is -2.00. The highest BCUT2D eigenvalue weighted by molar-refractivity contribution is 9.10. The van der Waals surface area contributed by atoms with Crippen molar-refractivity contribution in [2.75, 3.05) is 0 Å². The standard InChI is InChI=1S/C14H9BrClNO4/c15-12-6-11(17(19)20)5-4-10(12)8-21-14-9(7-18)2-1-3-13(14)16/h1-7H,8H2. The number of rotatable bonds is 5. The Morgan fingerprint density at radius 2 is 2.10 bits per heavy atom. The predicted molar refractivity (Wildman–Crippen MR) is 82.0 cm³/mol. The number of non-ortho nitro benzene ring substituents is 1. The van der Waals surface area contributed by atoms with Gasteiger partial charge >= 0.3 is 0 Å². The fourth-order valence-electron chi connectivity index (χ4n) is 1.69. The summed E-state index contributed by atoms with van der Waals surface area (Å²) >= 11 is 9.25. The second-order valence-corrected chi connectivity index (χ2v) is 5.36. The third-order valence-electron chi connectivity index (χ3n) is 2.74. The van der Waals surface area contributed by atoms with Crippen molar-refractivity contribution in [1.29, 1.82) is 0 Å². The van der Waals surface area contributed by atoms with Gasteiger partial charge in [-0.2, -0.15) is 0 Å². The highest BCUT2D eigenvalue weighted by Crippen LogP contribution is 2.30. The molecule has 0 radical (unpaired) electrons. The molecular weight excluding hydrogens is 362 g/mol. The molecule has 0 bridgehead atoms. The van der Waals surface area contributed by atoms with Crippen LogP contribution in [-0.4, -0.2) is 11.2 Å². The van der Waals surface area contributed by atoms with Crippen molar-refractivity contribution in [2.24, 2.45) is 0 Å². The second-order valence-electron chi connectivity index (χ2n) is 4.10. The lowest BCUT2D eigenvalue weighted by atomic mass is 10.2. The summed E-state index contributed by atoms with van der Waals surface area (Å²) in [6.45, 7) is 0.128. The minimum atomic E-state index is -0.478. The van der Waals surface area contributed by atoms with Gasteiger partial charge in [0.05, 0.1) is 15.5 Å². The lowest BCUT2D eigenvalue weighted by molar-refractivity contribution is -0.384. The molecule has 2 aromatic rings. The van der Waals surface area contributed by atoms with Crippen LogP contribution < -0.4 is 4.74 Å². The number of hydrogen-bond acceptors (Lipinski definition) is 4. The zero-order valence-corrected chi connectivity index (χ0v) is 12.9. The average Bonchev–Trinajstić information content (AvgIpc) is 2.46. The molecular formula is C14H9BrClNO4. The Morgan fingerprint density at radius 1 is 1.33 bits per heavy atom. The summed E-state index contributed by atoms with van der Waals surface area (Å²) in [7, 11) is 0. The van der Waals surface area contributed by atoms with Crippen LogP contribution in [0.25, 0.3) is 0 Å². The number of carbonyl (C=O) groups is 1. The smallest absolute Gasteiger partial charge is 0.270 e. The summed E-state index contributed by atoms with van der Waals surface area (Å²) in [5.41, 5.74) is 1.04. The molecule has 0 aliphatic carbocycles. The van der Waals surface area contributed by atoms with Crippen molar-refractivity contribution >= 4 is 39.5 Å².